The molecule has 0 atom stereocenters. The monoisotopic (exact) mass is 675 g/mol. The normalized spacial score (nSPS) is 13.2. The van der Waals surface area contributed by atoms with Crippen LogP contribution < -0.4 is 9.64 Å². The third kappa shape index (κ3) is 4.21. The average molecular weight is 676 g/mol. The maximum atomic E-state index is 6.66. The van der Waals surface area contributed by atoms with Crippen molar-refractivity contribution < 1.29 is 4.74 Å². The van der Waals surface area contributed by atoms with Gasteiger partial charge < -0.3 is 9.64 Å². The van der Waals surface area contributed by atoms with E-state index in [1.165, 1.54) is 54.9 Å². The van der Waals surface area contributed by atoms with Gasteiger partial charge in [-0.1, -0.05) is 164 Å². The number of para-hydroxylation sites is 3. The summed E-state index contributed by atoms with van der Waals surface area (Å²) in [7, 11) is 0. The Kier molecular flexibility index (Phi) is 6.50. The van der Waals surface area contributed by atoms with Gasteiger partial charge in [-0.3, -0.25) is 0 Å². The second-order valence-corrected chi connectivity index (χ2v) is 14.0. The molecule has 248 valence electrons. The van der Waals surface area contributed by atoms with Gasteiger partial charge >= 0.3 is 0 Å². The van der Waals surface area contributed by atoms with Crippen LogP contribution in [0.1, 0.15) is 22.3 Å². The Morgan fingerprint density at radius 1 is 0.340 bits per heavy atom. The van der Waals surface area contributed by atoms with Crippen molar-refractivity contribution in [2.75, 3.05) is 4.90 Å². The summed E-state index contributed by atoms with van der Waals surface area (Å²) in [5.41, 5.74) is 12.6. The van der Waals surface area contributed by atoms with E-state index < -0.39 is 5.41 Å². The summed E-state index contributed by atoms with van der Waals surface area (Å²) in [6, 6.07) is 72.7. The van der Waals surface area contributed by atoms with Gasteiger partial charge in [-0.15, -0.1) is 0 Å². The highest BCUT2D eigenvalue weighted by Gasteiger charge is 2.49. The first-order chi connectivity index (χ1) is 26.3. The first-order valence-electron chi connectivity index (χ1n) is 18.3. The molecule has 0 saturated heterocycles. The summed E-state index contributed by atoms with van der Waals surface area (Å²) < 4.78 is 6.66. The lowest BCUT2D eigenvalue weighted by atomic mass is 9.58. The van der Waals surface area contributed by atoms with Crippen LogP contribution in [-0.2, 0) is 5.41 Å². The fourth-order valence-electron chi connectivity index (χ4n) is 9.23. The van der Waals surface area contributed by atoms with Gasteiger partial charge in [-0.2, -0.15) is 0 Å². The van der Waals surface area contributed by atoms with Crippen LogP contribution >= 0.6 is 0 Å². The van der Waals surface area contributed by atoms with Crippen molar-refractivity contribution in [1.82, 2.24) is 0 Å². The second-order valence-electron chi connectivity index (χ2n) is 14.0. The average Bonchev–Trinajstić information content (AvgIpc) is 3.23. The highest BCUT2D eigenvalue weighted by Crippen LogP contribution is 2.62. The summed E-state index contributed by atoms with van der Waals surface area (Å²) in [4.78, 5) is 2.46. The van der Waals surface area contributed by atoms with E-state index in [0.717, 1.165) is 39.7 Å². The van der Waals surface area contributed by atoms with Gasteiger partial charge in [0.15, 0.2) is 0 Å². The van der Waals surface area contributed by atoms with Crippen molar-refractivity contribution in [1.29, 1.82) is 0 Å². The first-order valence-corrected chi connectivity index (χ1v) is 18.3. The third-order valence-electron chi connectivity index (χ3n) is 11.3. The zero-order valence-corrected chi connectivity index (χ0v) is 28.9. The molecule has 11 rings (SSSR count). The number of nitrogens with zero attached hydrogens (tertiary/aromatic N) is 1. The van der Waals surface area contributed by atoms with Crippen molar-refractivity contribution >= 4 is 38.6 Å². The Bertz CT molecular complexity index is 2830. The number of rotatable bonds is 4. The Balaban J connectivity index is 1.25. The Morgan fingerprint density at radius 2 is 0.887 bits per heavy atom. The Morgan fingerprint density at radius 3 is 1.66 bits per heavy atom. The van der Waals surface area contributed by atoms with Crippen LogP contribution in [0.25, 0.3) is 43.8 Å². The van der Waals surface area contributed by atoms with E-state index in [9.17, 15) is 0 Å². The number of hydrogen-bond donors (Lipinski definition) is 0. The van der Waals surface area contributed by atoms with Crippen LogP contribution in [0.2, 0.25) is 0 Å². The molecule has 0 bridgehead atoms. The largest absolute Gasteiger partial charge is 0.457 e. The second kappa shape index (κ2) is 11.6. The molecule has 0 saturated carbocycles. The third-order valence-corrected chi connectivity index (χ3v) is 11.3. The highest BCUT2D eigenvalue weighted by molar-refractivity contribution is 6.13. The molecule has 1 heterocycles. The summed E-state index contributed by atoms with van der Waals surface area (Å²) in [5.74, 6) is 1.79. The molecule has 0 radical (unpaired) electrons. The van der Waals surface area contributed by atoms with E-state index >= 15 is 0 Å². The van der Waals surface area contributed by atoms with Crippen molar-refractivity contribution in [3.05, 3.63) is 222 Å². The highest BCUT2D eigenvalue weighted by atomic mass is 16.5. The van der Waals surface area contributed by atoms with Gasteiger partial charge in [0, 0.05) is 27.6 Å². The molecule has 2 heteroatoms. The number of hydrogen-bond acceptors (Lipinski definition) is 2. The molecule has 0 aromatic heterocycles. The Hall–Kier alpha value is -6.90. The molecule has 0 fully saturated rings. The summed E-state index contributed by atoms with van der Waals surface area (Å²) >= 11 is 0. The van der Waals surface area contributed by atoms with E-state index in [4.69, 9.17) is 4.74 Å². The fraction of sp³-hybridized carbons (Fsp3) is 0.0196. The Labute approximate surface area is 308 Å². The summed E-state index contributed by atoms with van der Waals surface area (Å²) in [6.07, 6.45) is 0. The molecule has 0 amide bonds. The van der Waals surface area contributed by atoms with Crippen molar-refractivity contribution in [2.24, 2.45) is 0 Å². The number of anilines is 3. The topological polar surface area (TPSA) is 12.5 Å². The van der Waals surface area contributed by atoms with Crippen LogP contribution in [0.3, 0.4) is 0 Å². The molecule has 2 nitrogen and oxygen atoms in total. The molecule has 9 aromatic rings. The van der Waals surface area contributed by atoms with Crippen LogP contribution in [-0.4, -0.2) is 0 Å². The molecule has 53 heavy (non-hydrogen) atoms. The molecule has 1 spiro atoms. The molecular weight excluding hydrogens is 643 g/mol. The zero-order chi connectivity index (χ0) is 34.9. The van der Waals surface area contributed by atoms with Crippen LogP contribution in [0.4, 0.5) is 17.1 Å². The smallest absolute Gasteiger partial charge is 0.132 e. The predicted octanol–water partition coefficient (Wildman–Crippen LogP) is 13.6. The van der Waals surface area contributed by atoms with Crippen LogP contribution in [0.15, 0.2) is 200 Å². The van der Waals surface area contributed by atoms with Gasteiger partial charge in [-0.25, -0.2) is 0 Å². The van der Waals surface area contributed by atoms with Crippen molar-refractivity contribution in [3.8, 4) is 33.8 Å². The van der Waals surface area contributed by atoms with E-state index in [0.29, 0.717) is 0 Å². The van der Waals surface area contributed by atoms with Crippen molar-refractivity contribution in [3.63, 3.8) is 0 Å². The lowest BCUT2D eigenvalue weighted by Gasteiger charge is -2.45. The summed E-state index contributed by atoms with van der Waals surface area (Å²) in [6.45, 7) is 0. The van der Waals surface area contributed by atoms with Gasteiger partial charge in [0.2, 0.25) is 0 Å². The standard InChI is InChI=1S/C51H33NO/c1-3-16-34(17-4-1)36-21-13-23-39-37(36)22-15-29-46(39)52(35-18-5-2-6-19-35)47-33-32-40-38-20-7-8-25-42(38)51(45-28-14-24-41(47)50(40)45)43-26-9-11-30-48(43)53-49-31-12-10-27-44(49)51/h1-33H. The van der Waals surface area contributed by atoms with E-state index in [-0.39, 0.29) is 0 Å². The van der Waals surface area contributed by atoms with Gasteiger partial charge in [0.25, 0.3) is 0 Å². The molecule has 0 unspecified atom stereocenters. The van der Waals surface area contributed by atoms with Gasteiger partial charge in [0.05, 0.1) is 16.8 Å². The quantitative estimate of drug-likeness (QED) is 0.184. The predicted molar refractivity (Wildman–Crippen MR) is 219 cm³/mol. The first kappa shape index (κ1) is 29.8. The maximum Gasteiger partial charge on any atom is 0.132 e. The zero-order valence-electron chi connectivity index (χ0n) is 28.9. The maximum absolute atomic E-state index is 6.66. The molecule has 2 aliphatic rings. The molecule has 1 aliphatic carbocycles. The number of fused-ring (bicyclic) bond motifs is 9. The van der Waals surface area contributed by atoms with Crippen LogP contribution in [0, 0.1) is 0 Å². The number of benzene rings is 9. The van der Waals surface area contributed by atoms with E-state index in [2.05, 4.69) is 205 Å². The summed E-state index contributed by atoms with van der Waals surface area (Å²) in [5, 5.41) is 4.90. The lowest BCUT2D eigenvalue weighted by Crippen LogP contribution is -2.36. The van der Waals surface area contributed by atoms with E-state index in [1.54, 1.807) is 0 Å². The molecule has 9 aromatic carbocycles. The van der Waals surface area contributed by atoms with Crippen LogP contribution in [0.5, 0.6) is 11.5 Å². The minimum atomic E-state index is -0.575. The molecule has 0 N–H and O–H groups in total. The van der Waals surface area contributed by atoms with Gasteiger partial charge in [-0.05, 0) is 80.6 Å². The lowest BCUT2D eigenvalue weighted by molar-refractivity contribution is 0.435. The number of ether oxygens (including phenoxy) is 1. The fourth-order valence-corrected chi connectivity index (χ4v) is 9.23. The van der Waals surface area contributed by atoms with E-state index in [1.807, 2.05) is 0 Å². The minimum absolute atomic E-state index is 0.575. The molecular formula is C51H33NO. The molecule has 1 aliphatic heterocycles. The SMILES string of the molecule is c1ccc(-c2cccc3c(N(c4ccccc4)c4ccc5c6c(cccc46)C4(c6ccccc6Oc6ccccc64)c4ccccc4-5)cccc23)cc1. The van der Waals surface area contributed by atoms with Gasteiger partial charge in [0.1, 0.15) is 11.5 Å². The minimum Gasteiger partial charge on any atom is -0.457 e. The van der Waals surface area contributed by atoms with Crippen molar-refractivity contribution in [2.45, 2.75) is 5.41 Å².